The maximum atomic E-state index is 13.4. The number of Topliss-reactive ketones (excluding diaryl/α,β-unsaturated/α-hetero) is 1. The number of ketones is 1. The van der Waals surface area contributed by atoms with Crippen molar-refractivity contribution in [3.8, 4) is 11.5 Å². The van der Waals surface area contributed by atoms with Crippen LogP contribution in [-0.2, 0) is 16.6 Å². The standard InChI is InChI=1S/C26H20N2O4S2/c29-25-24(17-27-20-11-13-22(14-12-20)32-21-9-5-2-6-10-21)34(30,31)28(23-15-16-33-26(23)25)18-19-7-3-1-4-8-19/h1-17,27H,18H2/b24-17+. The Bertz CT molecular complexity index is 1450. The highest BCUT2D eigenvalue weighted by Gasteiger charge is 2.41. The van der Waals surface area contributed by atoms with Crippen molar-refractivity contribution in [1.82, 2.24) is 0 Å². The number of anilines is 2. The first-order valence-corrected chi connectivity index (χ1v) is 12.8. The number of ether oxygens (including phenoxy) is 1. The van der Waals surface area contributed by atoms with Crippen LogP contribution in [0.1, 0.15) is 15.2 Å². The summed E-state index contributed by atoms with van der Waals surface area (Å²) in [5.74, 6) is 0.850. The van der Waals surface area contributed by atoms with Crippen LogP contribution in [0.2, 0.25) is 0 Å². The molecule has 34 heavy (non-hydrogen) atoms. The normalized spacial score (nSPS) is 15.7. The van der Waals surface area contributed by atoms with Crippen LogP contribution in [0.15, 0.2) is 107 Å². The predicted octanol–water partition coefficient (Wildman–Crippen LogP) is 6.03. The molecule has 0 radical (unpaired) electrons. The van der Waals surface area contributed by atoms with Crippen molar-refractivity contribution in [3.63, 3.8) is 0 Å². The van der Waals surface area contributed by atoms with Crippen LogP contribution in [0.4, 0.5) is 11.4 Å². The number of allylic oxidation sites excluding steroid dienone is 1. The second-order valence-corrected chi connectivity index (χ2v) is 10.3. The molecule has 4 aromatic rings. The Balaban J connectivity index is 1.40. The molecule has 0 unspecified atom stereocenters. The van der Waals surface area contributed by atoms with Crippen molar-refractivity contribution in [3.05, 3.63) is 118 Å². The van der Waals surface area contributed by atoms with E-state index >= 15 is 0 Å². The Labute approximate surface area is 201 Å². The quantitative estimate of drug-likeness (QED) is 0.336. The molecule has 0 saturated heterocycles. The van der Waals surface area contributed by atoms with E-state index in [9.17, 15) is 13.2 Å². The summed E-state index contributed by atoms with van der Waals surface area (Å²) in [6, 6.07) is 27.4. The SMILES string of the molecule is O=C1/C(=C\Nc2ccc(Oc3ccccc3)cc2)S(=O)(=O)N(Cc2ccccc2)c2ccsc21. The number of sulfonamides is 1. The van der Waals surface area contributed by atoms with Gasteiger partial charge < -0.3 is 10.1 Å². The molecule has 8 heteroatoms. The van der Waals surface area contributed by atoms with E-state index in [1.807, 2.05) is 60.7 Å². The van der Waals surface area contributed by atoms with Gasteiger partial charge in [0.25, 0.3) is 10.0 Å². The van der Waals surface area contributed by atoms with Crippen LogP contribution < -0.4 is 14.4 Å². The molecule has 3 aromatic carbocycles. The lowest BCUT2D eigenvalue weighted by Crippen LogP contribution is -2.38. The molecule has 2 heterocycles. The van der Waals surface area contributed by atoms with Crippen molar-refractivity contribution < 1.29 is 17.9 Å². The first kappa shape index (κ1) is 21.9. The Morgan fingerprint density at radius 1 is 0.853 bits per heavy atom. The first-order chi connectivity index (χ1) is 16.5. The van der Waals surface area contributed by atoms with Crippen LogP contribution in [0.3, 0.4) is 0 Å². The van der Waals surface area contributed by atoms with Gasteiger partial charge in [-0.2, -0.15) is 0 Å². The van der Waals surface area contributed by atoms with Crippen molar-refractivity contribution in [2.75, 3.05) is 9.62 Å². The van der Waals surface area contributed by atoms with Gasteiger partial charge in [-0.1, -0.05) is 48.5 Å². The van der Waals surface area contributed by atoms with Crippen molar-refractivity contribution in [2.45, 2.75) is 6.54 Å². The lowest BCUT2D eigenvalue weighted by Gasteiger charge is -2.29. The Kier molecular flexibility index (Phi) is 5.91. The molecule has 1 aromatic heterocycles. The molecule has 1 aliphatic rings. The molecule has 5 rings (SSSR count). The second-order valence-electron chi connectivity index (χ2n) is 7.55. The van der Waals surface area contributed by atoms with E-state index in [-0.39, 0.29) is 11.4 Å². The van der Waals surface area contributed by atoms with Crippen molar-refractivity contribution in [2.24, 2.45) is 0 Å². The summed E-state index contributed by atoms with van der Waals surface area (Å²) in [6.07, 6.45) is 1.27. The lowest BCUT2D eigenvalue weighted by molar-refractivity contribution is 0.104. The largest absolute Gasteiger partial charge is 0.457 e. The van der Waals surface area contributed by atoms with Crippen LogP contribution in [-0.4, -0.2) is 14.2 Å². The number of nitrogens with zero attached hydrogens (tertiary/aromatic N) is 1. The number of rotatable bonds is 6. The highest BCUT2D eigenvalue weighted by Crippen LogP contribution is 2.39. The number of fused-ring (bicyclic) bond motifs is 1. The molecule has 0 bridgehead atoms. The summed E-state index contributed by atoms with van der Waals surface area (Å²) >= 11 is 1.24. The van der Waals surface area contributed by atoms with Gasteiger partial charge in [0.05, 0.1) is 12.2 Å². The minimum atomic E-state index is -4.05. The number of thiophene rings is 1. The van der Waals surface area contributed by atoms with E-state index in [4.69, 9.17) is 4.74 Å². The molecule has 0 spiro atoms. The summed E-state index contributed by atoms with van der Waals surface area (Å²) in [6.45, 7) is 0.142. The fourth-order valence-corrected chi connectivity index (χ4v) is 6.08. The van der Waals surface area contributed by atoms with Gasteiger partial charge in [0.15, 0.2) is 4.91 Å². The summed E-state index contributed by atoms with van der Waals surface area (Å²) < 4.78 is 34.0. The molecule has 0 atom stereocenters. The second kappa shape index (κ2) is 9.17. The minimum Gasteiger partial charge on any atom is -0.457 e. The molecule has 0 aliphatic carbocycles. The van der Waals surface area contributed by atoms with Crippen LogP contribution in [0, 0.1) is 0 Å². The number of carbonyl (C=O) groups excluding carboxylic acids is 1. The van der Waals surface area contributed by atoms with E-state index in [1.54, 1.807) is 35.7 Å². The molecule has 1 aliphatic heterocycles. The van der Waals surface area contributed by atoms with E-state index < -0.39 is 15.8 Å². The molecule has 0 fully saturated rings. The highest BCUT2D eigenvalue weighted by atomic mass is 32.2. The highest BCUT2D eigenvalue weighted by molar-refractivity contribution is 7.97. The van der Waals surface area contributed by atoms with Crippen molar-refractivity contribution >= 4 is 38.5 Å². The molecular formula is C26H20N2O4S2. The summed E-state index contributed by atoms with van der Waals surface area (Å²) in [5.41, 5.74) is 1.87. The van der Waals surface area contributed by atoms with E-state index in [1.165, 1.54) is 21.8 Å². The zero-order valence-electron chi connectivity index (χ0n) is 17.9. The molecule has 0 amide bonds. The average molecular weight is 489 g/mol. The average Bonchev–Trinajstić information content (AvgIpc) is 3.34. The van der Waals surface area contributed by atoms with Crippen LogP contribution in [0.5, 0.6) is 11.5 Å². The Morgan fingerprint density at radius 2 is 1.50 bits per heavy atom. The number of benzene rings is 3. The minimum absolute atomic E-state index is 0.142. The van der Waals surface area contributed by atoms with Crippen LogP contribution in [0.25, 0.3) is 0 Å². The van der Waals surface area contributed by atoms with Gasteiger partial charge >= 0.3 is 0 Å². The van der Waals surface area contributed by atoms with E-state index in [2.05, 4.69) is 5.32 Å². The van der Waals surface area contributed by atoms with Gasteiger partial charge in [-0.25, -0.2) is 8.42 Å². The maximum absolute atomic E-state index is 13.4. The third kappa shape index (κ3) is 4.33. The van der Waals surface area contributed by atoms with Gasteiger partial charge in [0, 0.05) is 11.9 Å². The molecule has 170 valence electrons. The lowest BCUT2D eigenvalue weighted by atomic mass is 10.2. The number of para-hydroxylation sites is 1. The maximum Gasteiger partial charge on any atom is 0.270 e. The zero-order valence-corrected chi connectivity index (χ0v) is 19.6. The number of carbonyl (C=O) groups is 1. The van der Waals surface area contributed by atoms with E-state index in [0.717, 1.165) is 11.3 Å². The third-order valence-electron chi connectivity index (χ3n) is 5.28. The number of nitrogens with one attached hydrogen (secondary N) is 1. The fraction of sp³-hybridized carbons (Fsp3) is 0.0385. The Hall–Kier alpha value is -3.88. The number of hydrogen-bond acceptors (Lipinski definition) is 6. The van der Waals surface area contributed by atoms with Gasteiger partial charge in [0.1, 0.15) is 16.4 Å². The summed E-state index contributed by atoms with van der Waals surface area (Å²) in [5, 5.41) is 4.69. The van der Waals surface area contributed by atoms with E-state index in [0.29, 0.717) is 22.0 Å². The zero-order chi connectivity index (χ0) is 23.5. The molecular weight excluding hydrogens is 468 g/mol. The monoisotopic (exact) mass is 488 g/mol. The van der Waals surface area contributed by atoms with Gasteiger partial charge in [-0.15, -0.1) is 11.3 Å². The smallest absolute Gasteiger partial charge is 0.270 e. The predicted molar refractivity (Wildman–Crippen MR) is 135 cm³/mol. The van der Waals surface area contributed by atoms with Gasteiger partial charge in [-0.05, 0) is 53.4 Å². The molecule has 1 N–H and O–H groups in total. The van der Waals surface area contributed by atoms with Gasteiger partial charge in [0.2, 0.25) is 5.78 Å². The van der Waals surface area contributed by atoms with Crippen LogP contribution >= 0.6 is 11.3 Å². The topological polar surface area (TPSA) is 75.7 Å². The fourth-order valence-electron chi connectivity index (χ4n) is 3.60. The third-order valence-corrected chi connectivity index (χ3v) is 7.95. The molecule has 0 saturated carbocycles. The summed E-state index contributed by atoms with van der Waals surface area (Å²) in [7, 11) is -4.05. The van der Waals surface area contributed by atoms with Gasteiger partial charge in [-0.3, -0.25) is 9.10 Å². The summed E-state index contributed by atoms with van der Waals surface area (Å²) in [4.78, 5) is 13.2. The Morgan fingerprint density at radius 3 is 2.21 bits per heavy atom. The first-order valence-electron chi connectivity index (χ1n) is 10.5. The number of hydrogen-bond donors (Lipinski definition) is 1. The molecule has 6 nitrogen and oxygen atoms in total. The van der Waals surface area contributed by atoms with Crippen molar-refractivity contribution in [1.29, 1.82) is 0 Å².